The van der Waals surface area contributed by atoms with Crippen molar-refractivity contribution in [1.82, 2.24) is 0 Å². The van der Waals surface area contributed by atoms with Crippen LogP contribution in [0.1, 0.15) is 5.56 Å². The number of urea groups is 1. The number of hydrogen-bond donors (Lipinski definition) is 3. The van der Waals surface area contributed by atoms with E-state index >= 15 is 0 Å². The van der Waals surface area contributed by atoms with Gasteiger partial charge < -0.3 is 16.4 Å². The molecule has 6 heteroatoms. The second kappa shape index (κ2) is 5.95. The van der Waals surface area contributed by atoms with Gasteiger partial charge in [0.25, 0.3) is 0 Å². The van der Waals surface area contributed by atoms with Gasteiger partial charge in [0, 0.05) is 10.7 Å². The molecule has 100 valence electrons. The van der Waals surface area contributed by atoms with Gasteiger partial charge in [0.2, 0.25) is 0 Å². The van der Waals surface area contributed by atoms with Crippen molar-refractivity contribution >= 4 is 34.7 Å². The minimum absolute atomic E-state index is 0.374. The van der Waals surface area contributed by atoms with E-state index in [4.69, 9.17) is 22.6 Å². The van der Waals surface area contributed by atoms with E-state index in [9.17, 15) is 4.79 Å². The van der Waals surface area contributed by atoms with Crippen molar-refractivity contribution in [3.63, 3.8) is 0 Å². The molecule has 2 rings (SSSR count). The fraction of sp³-hybridized carbons (Fsp3) is 0. The Morgan fingerprint density at radius 3 is 2.70 bits per heavy atom. The summed E-state index contributed by atoms with van der Waals surface area (Å²) < 4.78 is 0. The summed E-state index contributed by atoms with van der Waals surface area (Å²) in [6.07, 6.45) is 0. The first-order valence-corrected chi connectivity index (χ1v) is 6.09. The van der Waals surface area contributed by atoms with Crippen LogP contribution in [0.5, 0.6) is 0 Å². The van der Waals surface area contributed by atoms with Crippen LogP contribution in [0, 0.1) is 11.3 Å². The van der Waals surface area contributed by atoms with Crippen LogP contribution in [-0.4, -0.2) is 6.03 Å². The molecule has 0 unspecified atom stereocenters. The van der Waals surface area contributed by atoms with E-state index in [0.717, 1.165) is 0 Å². The lowest BCUT2D eigenvalue weighted by Crippen LogP contribution is -2.20. The molecule has 0 heterocycles. The van der Waals surface area contributed by atoms with Crippen molar-refractivity contribution in [2.45, 2.75) is 0 Å². The lowest BCUT2D eigenvalue weighted by atomic mass is 10.2. The Morgan fingerprint density at radius 2 is 2.00 bits per heavy atom. The van der Waals surface area contributed by atoms with Crippen LogP contribution < -0.4 is 16.4 Å². The standard InChI is InChI=1S/C14H11ClN4O/c15-10-4-5-13(12(17)7-10)19-14(20)18-11-3-1-2-9(6-11)8-16/h1-7H,17H2,(H2,18,19,20). The Balaban J connectivity index is 2.07. The molecule has 0 aromatic heterocycles. The maximum Gasteiger partial charge on any atom is 0.323 e. The molecular weight excluding hydrogens is 276 g/mol. The van der Waals surface area contributed by atoms with Gasteiger partial charge in [-0.25, -0.2) is 4.79 Å². The number of carbonyl (C=O) groups is 1. The number of benzene rings is 2. The zero-order valence-corrected chi connectivity index (χ0v) is 11.1. The van der Waals surface area contributed by atoms with Crippen LogP contribution in [0.25, 0.3) is 0 Å². The third-order valence-corrected chi connectivity index (χ3v) is 2.75. The molecule has 2 amide bonds. The Morgan fingerprint density at radius 1 is 1.20 bits per heavy atom. The molecular formula is C14H11ClN4O. The first kappa shape index (κ1) is 13.7. The number of nitrogens with two attached hydrogens (primary N) is 1. The predicted octanol–water partition coefficient (Wildman–Crippen LogP) is 3.44. The summed E-state index contributed by atoms with van der Waals surface area (Å²) in [5.74, 6) is 0. The largest absolute Gasteiger partial charge is 0.397 e. The van der Waals surface area contributed by atoms with Crippen LogP contribution in [0.4, 0.5) is 21.9 Å². The highest BCUT2D eigenvalue weighted by Gasteiger charge is 2.06. The first-order valence-electron chi connectivity index (χ1n) is 5.71. The van der Waals surface area contributed by atoms with Crippen molar-refractivity contribution in [2.24, 2.45) is 0 Å². The molecule has 4 N–H and O–H groups in total. The van der Waals surface area contributed by atoms with Crippen LogP contribution in [0.2, 0.25) is 5.02 Å². The van der Waals surface area contributed by atoms with Crippen molar-refractivity contribution in [3.05, 3.63) is 53.1 Å². The van der Waals surface area contributed by atoms with E-state index in [1.165, 1.54) is 0 Å². The molecule has 0 spiro atoms. The summed E-state index contributed by atoms with van der Waals surface area (Å²) in [7, 11) is 0. The van der Waals surface area contributed by atoms with Crippen LogP contribution in [0.15, 0.2) is 42.5 Å². The normalized spacial score (nSPS) is 9.60. The molecule has 0 aliphatic heterocycles. The molecule has 0 bridgehead atoms. The number of rotatable bonds is 2. The average Bonchev–Trinajstić information content (AvgIpc) is 2.42. The molecule has 2 aromatic carbocycles. The van der Waals surface area contributed by atoms with Gasteiger partial charge in [-0.15, -0.1) is 0 Å². The van der Waals surface area contributed by atoms with Crippen LogP contribution >= 0.6 is 11.6 Å². The first-order chi connectivity index (χ1) is 9.58. The minimum atomic E-state index is -0.450. The Kier molecular flexibility index (Phi) is 4.08. The van der Waals surface area contributed by atoms with E-state index in [1.807, 2.05) is 6.07 Å². The number of halogens is 1. The van der Waals surface area contributed by atoms with Gasteiger partial charge in [0.05, 0.1) is 23.0 Å². The summed E-state index contributed by atoms with van der Waals surface area (Å²) >= 11 is 5.78. The smallest absolute Gasteiger partial charge is 0.323 e. The molecule has 0 saturated carbocycles. The Bertz CT molecular complexity index is 694. The maximum atomic E-state index is 11.8. The molecule has 0 atom stereocenters. The van der Waals surface area contributed by atoms with Gasteiger partial charge in [-0.2, -0.15) is 5.26 Å². The van der Waals surface area contributed by atoms with E-state index in [-0.39, 0.29) is 0 Å². The molecule has 2 aromatic rings. The number of amides is 2. The van der Waals surface area contributed by atoms with Crippen LogP contribution in [-0.2, 0) is 0 Å². The van der Waals surface area contributed by atoms with Gasteiger partial charge in [0.1, 0.15) is 0 Å². The SMILES string of the molecule is N#Cc1cccc(NC(=O)Nc2ccc(Cl)cc2N)c1. The van der Waals surface area contributed by atoms with Gasteiger partial charge in [-0.1, -0.05) is 17.7 Å². The van der Waals surface area contributed by atoms with E-state index in [1.54, 1.807) is 42.5 Å². The quantitative estimate of drug-likeness (QED) is 0.739. The van der Waals surface area contributed by atoms with Gasteiger partial charge in [-0.3, -0.25) is 0 Å². The van der Waals surface area contributed by atoms with Gasteiger partial charge >= 0.3 is 6.03 Å². The summed E-state index contributed by atoms with van der Waals surface area (Å²) in [5, 5.41) is 14.5. The van der Waals surface area contributed by atoms with Crippen LogP contribution in [0.3, 0.4) is 0 Å². The lowest BCUT2D eigenvalue weighted by Gasteiger charge is -2.10. The molecule has 5 nitrogen and oxygen atoms in total. The number of hydrogen-bond acceptors (Lipinski definition) is 3. The van der Waals surface area contributed by atoms with E-state index in [2.05, 4.69) is 10.6 Å². The third kappa shape index (κ3) is 3.40. The fourth-order valence-electron chi connectivity index (χ4n) is 1.60. The summed E-state index contributed by atoms with van der Waals surface area (Å²) in [5.41, 5.74) is 7.56. The van der Waals surface area contributed by atoms with E-state index < -0.39 is 6.03 Å². The summed E-state index contributed by atoms with van der Waals surface area (Å²) in [6.45, 7) is 0. The number of anilines is 3. The molecule has 0 saturated heterocycles. The Hall–Kier alpha value is -2.71. The number of nitrogens with zero attached hydrogens (tertiary/aromatic N) is 1. The predicted molar refractivity (Wildman–Crippen MR) is 79.7 cm³/mol. The van der Waals surface area contributed by atoms with Crippen molar-refractivity contribution in [2.75, 3.05) is 16.4 Å². The zero-order chi connectivity index (χ0) is 14.5. The lowest BCUT2D eigenvalue weighted by molar-refractivity contribution is 0.262. The highest BCUT2D eigenvalue weighted by molar-refractivity contribution is 6.31. The second-order valence-corrected chi connectivity index (χ2v) is 4.44. The van der Waals surface area contributed by atoms with Crippen molar-refractivity contribution in [1.29, 1.82) is 5.26 Å². The highest BCUT2D eigenvalue weighted by Crippen LogP contribution is 2.22. The Labute approximate surface area is 121 Å². The fourth-order valence-corrected chi connectivity index (χ4v) is 1.78. The van der Waals surface area contributed by atoms with Gasteiger partial charge in [-0.05, 0) is 36.4 Å². The average molecular weight is 287 g/mol. The van der Waals surface area contributed by atoms with E-state index in [0.29, 0.717) is 27.6 Å². The third-order valence-electron chi connectivity index (χ3n) is 2.51. The molecule has 0 aliphatic rings. The second-order valence-electron chi connectivity index (χ2n) is 4.00. The molecule has 20 heavy (non-hydrogen) atoms. The minimum Gasteiger partial charge on any atom is -0.397 e. The molecule has 0 aliphatic carbocycles. The zero-order valence-electron chi connectivity index (χ0n) is 10.4. The summed E-state index contributed by atoms with van der Waals surface area (Å²) in [6, 6.07) is 12.9. The number of carbonyl (C=O) groups excluding carboxylic acids is 1. The summed E-state index contributed by atoms with van der Waals surface area (Å²) in [4.78, 5) is 11.8. The number of nitrogen functional groups attached to an aromatic ring is 1. The molecule has 0 fully saturated rings. The number of nitriles is 1. The monoisotopic (exact) mass is 286 g/mol. The maximum absolute atomic E-state index is 11.8. The van der Waals surface area contributed by atoms with Crippen molar-refractivity contribution in [3.8, 4) is 6.07 Å². The van der Waals surface area contributed by atoms with Gasteiger partial charge in [0.15, 0.2) is 0 Å². The van der Waals surface area contributed by atoms with Crippen molar-refractivity contribution < 1.29 is 4.79 Å². The molecule has 0 radical (unpaired) electrons. The number of nitrogens with one attached hydrogen (secondary N) is 2. The topological polar surface area (TPSA) is 90.9 Å². The highest BCUT2D eigenvalue weighted by atomic mass is 35.5.